The largest absolute Gasteiger partial charge is 0.389 e. The van der Waals surface area contributed by atoms with Gasteiger partial charge in [0.05, 0.1) is 24.9 Å². The summed E-state index contributed by atoms with van der Waals surface area (Å²) in [5, 5.41) is 1.84. The minimum Gasteiger partial charge on any atom is -0.389 e. The quantitative estimate of drug-likeness (QED) is 0.720. The van der Waals surface area contributed by atoms with Gasteiger partial charge in [-0.1, -0.05) is 11.3 Å². The highest BCUT2D eigenvalue weighted by Gasteiger charge is 2.40. The molecule has 0 spiro atoms. The van der Waals surface area contributed by atoms with Gasteiger partial charge in [-0.15, -0.1) is 0 Å². The van der Waals surface area contributed by atoms with Gasteiger partial charge >= 0.3 is 0 Å². The van der Waals surface area contributed by atoms with Crippen molar-refractivity contribution >= 4 is 21.5 Å². The van der Waals surface area contributed by atoms with E-state index in [1.165, 1.54) is 0 Å². The molecule has 0 radical (unpaired) electrons. The molecular weight excluding hydrogens is 186 g/mol. The van der Waals surface area contributed by atoms with E-state index < -0.39 is 0 Å². The molecule has 2 bridgehead atoms. The first-order valence-electron chi connectivity index (χ1n) is 4.42. The topological polar surface area (TPSA) is 51.4 Å². The van der Waals surface area contributed by atoms with E-state index >= 15 is 0 Å². The highest BCUT2D eigenvalue weighted by Crippen LogP contribution is 2.35. The lowest BCUT2D eigenvalue weighted by Crippen LogP contribution is -2.36. The Morgan fingerprint density at radius 1 is 1.69 bits per heavy atom. The fourth-order valence-corrected chi connectivity index (χ4v) is 2.81. The second-order valence-electron chi connectivity index (χ2n) is 3.54. The number of rotatable bonds is 1. The minimum atomic E-state index is 0.426. The predicted molar refractivity (Wildman–Crippen MR) is 52.0 cm³/mol. The molecule has 70 valence electrons. The van der Waals surface area contributed by atoms with Gasteiger partial charge in [-0.2, -0.15) is 0 Å². The third-order valence-corrected chi connectivity index (χ3v) is 3.52. The number of nitrogen functional groups attached to an aromatic ring is 1. The van der Waals surface area contributed by atoms with E-state index in [-0.39, 0.29) is 0 Å². The predicted octanol–water partition coefficient (Wildman–Crippen LogP) is 0.703. The van der Waals surface area contributed by atoms with Gasteiger partial charge in [0.1, 0.15) is 5.00 Å². The van der Waals surface area contributed by atoms with E-state index in [9.17, 15) is 0 Å². The third kappa shape index (κ3) is 1.11. The van der Waals surface area contributed by atoms with Crippen molar-refractivity contribution < 1.29 is 4.74 Å². The lowest BCUT2D eigenvalue weighted by Gasteiger charge is -2.25. The molecule has 1 aromatic heterocycles. The fraction of sp³-hybridized carbons (Fsp3) is 0.625. The van der Waals surface area contributed by atoms with E-state index in [2.05, 4.69) is 9.88 Å². The molecule has 13 heavy (non-hydrogen) atoms. The Labute approximate surface area is 80.3 Å². The zero-order valence-electron chi connectivity index (χ0n) is 7.14. The number of anilines is 2. The van der Waals surface area contributed by atoms with Crippen molar-refractivity contribution in [3.05, 3.63) is 6.20 Å². The van der Waals surface area contributed by atoms with Crippen LogP contribution in [0, 0.1) is 0 Å². The van der Waals surface area contributed by atoms with E-state index in [4.69, 9.17) is 10.5 Å². The summed E-state index contributed by atoms with van der Waals surface area (Å²) in [4.78, 5) is 6.60. The smallest absolute Gasteiger partial charge is 0.187 e. The summed E-state index contributed by atoms with van der Waals surface area (Å²) in [5.74, 6) is 0. The molecule has 2 atom stereocenters. The van der Waals surface area contributed by atoms with Crippen molar-refractivity contribution in [3.63, 3.8) is 0 Å². The van der Waals surface area contributed by atoms with Crippen LogP contribution in [0.4, 0.5) is 10.1 Å². The van der Waals surface area contributed by atoms with E-state index in [1.54, 1.807) is 17.5 Å². The Morgan fingerprint density at radius 2 is 2.62 bits per heavy atom. The molecule has 5 heteroatoms. The standard InChI is InChI=1S/C8H11N3OS/c9-7-2-10-8(13-7)11-3-6-1-5(11)4-12-6/h2,5-6H,1,3-4,9H2. The monoisotopic (exact) mass is 197 g/mol. The van der Waals surface area contributed by atoms with E-state index in [1.807, 2.05) is 0 Å². The van der Waals surface area contributed by atoms with Gasteiger partial charge in [0.15, 0.2) is 5.13 Å². The summed E-state index contributed by atoms with van der Waals surface area (Å²) in [7, 11) is 0. The zero-order chi connectivity index (χ0) is 8.84. The number of hydrogen-bond acceptors (Lipinski definition) is 5. The Bertz CT molecular complexity index is 327. The summed E-state index contributed by atoms with van der Waals surface area (Å²) >= 11 is 1.56. The van der Waals surface area contributed by atoms with E-state index in [0.717, 1.165) is 29.7 Å². The number of fused-ring (bicyclic) bond motifs is 2. The van der Waals surface area contributed by atoms with Crippen LogP contribution in [-0.4, -0.2) is 30.3 Å². The highest BCUT2D eigenvalue weighted by atomic mass is 32.1. The number of hydrogen-bond donors (Lipinski definition) is 1. The molecule has 2 fully saturated rings. The first-order chi connectivity index (χ1) is 6.33. The van der Waals surface area contributed by atoms with Gasteiger partial charge < -0.3 is 15.4 Å². The van der Waals surface area contributed by atoms with Gasteiger partial charge in [-0.3, -0.25) is 0 Å². The molecule has 1 aromatic rings. The Kier molecular flexibility index (Phi) is 1.51. The Balaban J connectivity index is 1.87. The van der Waals surface area contributed by atoms with Gasteiger partial charge in [0, 0.05) is 6.54 Å². The van der Waals surface area contributed by atoms with Crippen LogP contribution in [0.3, 0.4) is 0 Å². The van der Waals surface area contributed by atoms with Crippen LogP contribution in [0.1, 0.15) is 6.42 Å². The average molecular weight is 197 g/mol. The summed E-state index contributed by atoms with van der Waals surface area (Å²) in [6.45, 7) is 1.84. The Morgan fingerprint density at radius 3 is 3.15 bits per heavy atom. The van der Waals surface area contributed by atoms with Crippen molar-refractivity contribution in [3.8, 4) is 0 Å². The van der Waals surface area contributed by atoms with Crippen molar-refractivity contribution in [2.75, 3.05) is 23.8 Å². The van der Waals surface area contributed by atoms with Crippen molar-refractivity contribution in [2.45, 2.75) is 18.6 Å². The van der Waals surface area contributed by atoms with E-state index in [0.29, 0.717) is 12.1 Å². The fourth-order valence-electron chi connectivity index (χ4n) is 2.04. The molecule has 0 aliphatic carbocycles. The maximum absolute atomic E-state index is 5.64. The molecule has 2 unspecified atom stereocenters. The number of nitrogens with two attached hydrogens (primary N) is 1. The van der Waals surface area contributed by atoms with Crippen molar-refractivity contribution in [1.82, 2.24) is 4.98 Å². The SMILES string of the molecule is Nc1cnc(N2CC3CC2CO3)s1. The van der Waals surface area contributed by atoms with Gasteiger partial charge in [-0.25, -0.2) is 4.98 Å². The maximum atomic E-state index is 5.64. The highest BCUT2D eigenvalue weighted by molar-refractivity contribution is 7.19. The average Bonchev–Trinajstić information content (AvgIpc) is 2.77. The van der Waals surface area contributed by atoms with Crippen LogP contribution in [0.25, 0.3) is 0 Å². The first kappa shape index (κ1) is 7.58. The van der Waals surface area contributed by atoms with Crippen molar-refractivity contribution in [2.24, 2.45) is 0 Å². The van der Waals surface area contributed by atoms with Crippen LogP contribution < -0.4 is 10.6 Å². The number of ether oxygens (including phenoxy) is 1. The molecule has 0 aromatic carbocycles. The van der Waals surface area contributed by atoms with Crippen LogP contribution in [-0.2, 0) is 4.74 Å². The summed E-state index contributed by atoms with van der Waals surface area (Å²) in [6, 6.07) is 0.538. The number of aromatic nitrogens is 1. The van der Waals surface area contributed by atoms with Gasteiger partial charge in [-0.05, 0) is 6.42 Å². The molecule has 3 rings (SSSR count). The molecule has 2 aliphatic heterocycles. The minimum absolute atomic E-state index is 0.426. The summed E-state index contributed by atoms with van der Waals surface area (Å²) in [6.07, 6.45) is 3.31. The van der Waals surface area contributed by atoms with Crippen LogP contribution in [0.2, 0.25) is 0 Å². The summed E-state index contributed by atoms with van der Waals surface area (Å²) < 4.78 is 5.51. The molecule has 2 N–H and O–H groups in total. The molecular formula is C8H11N3OS. The summed E-state index contributed by atoms with van der Waals surface area (Å²) in [5.41, 5.74) is 5.64. The lowest BCUT2D eigenvalue weighted by molar-refractivity contribution is 0.0991. The molecule has 0 saturated carbocycles. The zero-order valence-corrected chi connectivity index (χ0v) is 7.96. The van der Waals surface area contributed by atoms with Crippen LogP contribution in [0.15, 0.2) is 6.20 Å². The molecule has 3 heterocycles. The number of nitrogens with zero attached hydrogens (tertiary/aromatic N) is 2. The maximum Gasteiger partial charge on any atom is 0.187 e. The molecule has 0 amide bonds. The number of thiazole rings is 1. The van der Waals surface area contributed by atoms with Crippen LogP contribution in [0.5, 0.6) is 0 Å². The van der Waals surface area contributed by atoms with Gasteiger partial charge in [0.2, 0.25) is 0 Å². The van der Waals surface area contributed by atoms with Crippen molar-refractivity contribution in [1.29, 1.82) is 0 Å². The third-order valence-electron chi connectivity index (χ3n) is 2.66. The second kappa shape index (κ2) is 2.59. The molecule has 4 nitrogen and oxygen atoms in total. The normalized spacial score (nSPS) is 31.5. The lowest BCUT2D eigenvalue weighted by atomic mass is 10.2. The Hall–Kier alpha value is -0.810. The number of morpholine rings is 1. The first-order valence-corrected chi connectivity index (χ1v) is 5.24. The van der Waals surface area contributed by atoms with Crippen LogP contribution >= 0.6 is 11.3 Å². The second-order valence-corrected chi connectivity index (χ2v) is 4.58. The molecule has 2 saturated heterocycles. The molecule has 2 aliphatic rings. The van der Waals surface area contributed by atoms with Gasteiger partial charge in [0.25, 0.3) is 0 Å².